The number of carbonyl (C=O) groups excluding carboxylic acids is 2. The zero-order valence-corrected chi connectivity index (χ0v) is 39.1. The van der Waals surface area contributed by atoms with Crippen molar-refractivity contribution in [2.24, 2.45) is 0 Å². The lowest BCUT2D eigenvalue weighted by atomic mass is 10.2. The molecular weight excluding hydrogens is 790 g/mol. The number of phosphoric ester groups is 1. The molecule has 0 rings (SSSR count). The van der Waals surface area contributed by atoms with Gasteiger partial charge in [-0.05, 0) is 83.5 Å². The molecule has 0 aliphatic rings. The molecule has 0 aliphatic carbocycles. The summed E-state index contributed by atoms with van der Waals surface area (Å²) in [6, 6.07) is 0. The maximum atomic E-state index is 12.7. The van der Waals surface area contributed by atoms with Gasteiger partial charge in [-0.2, -0.15) is 0 Å². The first-order valence-electron chi connectivity index (χ1n) is 22.4. The van der Waals surface area contributed by atoms with Crippen LogP contribution in [0.3, 0.4) is 0 Å². The average molecular weight is 870 g/mol. The third-order valence-electron chi connectivity index (χ3n) is 8.56. The van der Waals surface area contributed by atoms with E-state index in [1.807, 2.05) is 51.5 Å². The Labute approximate surface area is 370 Å². The van der Waals surface area contributed by atoms with Gasteiger partial charge >= 0.3 is 11.9 Å². The van der Waals surface area contributed by atoms with Crippen LogP contribution in [0.1, 0.15) is 123 Å². The van der Waals surface area contributed by atoms with E-state index in [-0.39, 0.29) is 26.1 Å². The summed E-state index contributed by atoms with van der Waals surface area (Å²) in [7, 11) is 1.02. The Balaban J connectivity index is 4.68. The third kappa shape index (κ3) is 44.2. The molecule has 0 fully saturated rings. The van der Waals surface area contributed by atoms with Crippen LogP contribution in [0.5, 0.6) is 0 Å². The molecule has 344 valence electrons. The van der Waals surface area contributed by atoms with Gasteiger partial charge in [-0.3, -0.25) is 14.2 Å². The van der Waals surface area contributed by atoms with Crippen LogP contribution in [0.25, 0.3) is 0 Å². The van der Waals surface area contributed by atoms with Crippen LogP contribution in [0.4, 0.5) is 0 Å². The van der Waals surface area contributed by atoms with Crippen molar-refractivity contribution in [2.75, 3.05) is 47.5 Å². The molecule has 0 heterocycles. The van der Waals surface area contributed by atoms with Crippen LogP contribution in [-0.2, 0) is 32.7 Å². The van der Waals surface area contributed by atoms with Crippen molar-refractivity contribution in [3.05, 3.63) is 122 Å². The lowest BCUT2D eigenvalue weighted by Gasteiger charge is -2.28. The minimum absolute atomic E-state index is 0.0625. The first kappa shape index (κ1) is 57.4. The fourth-order valence-corrected chi connectivity index (χ4v) is 5.77. The average Bonchev–Trinajstić information content (AvgIpc) is 3.21. The topological polar surface area (TPSA) is 131 Å². The number of likely N-dealkylation sites (N-methyl/N-ethyl adjacent to an activating group) is 1. The largest absolute Gasteiger partial charge is 0.756 e. The van der Waals surface area contributed by atoms with E-state index in [1.54, 1.807) is 12.2 Å². The van der Waals surface area contributed by atoms with Gasteiger partial charge in [-0.25, -0.2) is 0 Å². The van der Waals surface area contributed by atoms with Gasteiger partial charge in [0.15, 0.2) is 6.10 Å². The summed E-state index contributed by atoms with van der Waals surface area (Å²) >= 11 is 0. The molecule has 0 aliphatic heterocycles. The smallest absolute Gasteiger partial charge is 0.306 e. The Bertz CT molecular complexity index is 1460. The predicted molar refractivity (Wildman–Crippen MR) is 250 cm³/mol. The van der Waals surface area contributed by atoms with Gasteiger partial charge in [0.2, 0.25) is 0 Å². The van der Waals surface area contributed by atoms with Crippen LogP contribution >= 0.6 is 7.82 Å². The Morgan fingerprint density at radius 1 is 0.623 bits per heavy atom. The molecule has 1 N–H and O–H groups in total. The number of hydrogen-bond acceptors (Lipinski definition) is 9. The Morgan fingerprint density at radius 2 is 1.16 bits per heavy atom. The highest BCUT2D eigenvalue weighted by atomic mass is 31.2. The molecule has 0 radical (unpaired) electrons. The summed E-state index contributed by atoms with van der Waals surface area (Å²) < 4.78 is 33.7. The summed E-state index contributed by atoms with van der Waals surface area (Å²) in [5, 5.41) is 10.1. The molecule has 2 unspecified atom stereocenters. The van der Waals surface area contributed by atoms with Crippen LogP contribution in [-0.4, -0.2) is 81.2 Å². The normalized spacial score (nSPS) is 15.2. The molecule has 0 aromatic carbocycles. The second kappa shape index (κ2) is 40.4. The Kier molecular flexibility index (Phi) is 38.0. The number of carbonyl (C=O) groups is 2. The molecule has 0 saturated heterocycles. The van der Waals surface area contributed by atoms with E-state index in [1.165, 1.54) is 19.3 Å². The molecular formula is C50H80NO9P. The fourth-order valence-electron chi connectivity index (χ4n) is 5.04. The maximum Gasteiger partial charge on any atom is 0.306 e. The van der Waals surface area contributed by atoms with E-state index >= 15 is 0 Å². The molecule has 0 spiro atoms. The SMILES string of the molecule is CC/C=C\C/C=C\C/C=C\C/C=C\C/C=C\C/C=C\CCC(=O)O[C@H](COC(=O)CCC/C=C/C=C\C(O)C/C=C\C/C=C\CCCCC)COP(=O)([O-])OCC[N+](C)(C)C. The van der Waals surface area contributed by atoms with Gasteiger partial charge < -0.3 is 33.0 Å². The lowest BCUT2D eigenvalue weighted by Crippen LogP contribution is -2.37. The first-order valence-corrected chi connectivity index (χ1v) is 23.8. The van der Waals surface area contributed by atoms with Crippen LogP contribution in [0.2, 0.25) is 0 Å². The van der Waals surface area contributed by atoms with Crippen LogP contribution < -0.4 is 4.89 Å². The Hall–Kier alpha value is -3.63. The fraction of sp³-hybridized carbons (Fsp3) is 0.560. The number of allylic oxidation sites excluding steroid dienone is 18. The minimum Gasteiger partial charge on any atom is -0.756 e. The van der Waals surface area contributed by atoms with Gasteiger partial charge in [0.1, 0.15) is 19.8 Å². The molecule has 3 atom stereocenters. The molecule has 0 aromatic rings. The molecule has 0 bridgehead atoms. The Morgan fingerprint density at radius 3 is 1.74 bits per heavy atom. The zero-order chi connectivity index (χ0) is 45.1. The standard InChI is InChI=1S/C50H80NO9P/c1-6-8-10-12-14-16-17-18-19-20-21-22-23-24-25-27-29-33-38-42-50(54)60-48(46-59-61(55,56)58-44-43-51(3,4)5)45-57-49(53)41-37-34-30-32-36-40-47(52)39-35-31-28-26-15-13-11-9-7-2/h8,10,14-16,18-19,21-22,24-26,29-33,35-36,40,47-48,52H,6-7,9,11-13,17,20,23,27-28,34,37-39,41-46H2,1-5H3/b10-8-,16-14-,19-18-,22-21-,25-24-,26-15-,32-30+,33-29-,35-31-,40-36-/t47?,48-/m1/s1. The van der Waals surface area contributed by atoms with E-state index < -0.39 is 38.6 Å². The predicted octanol–water partition coefficient (Wildman–Crippen LogP) is 11.2. The van der Waals surface area contributed by atoms with Crippen molar-refractivity contribution in [2.45, 2.75) is 135 Å². The van der Waals surface area contributed by atoms with Crippen molar-refractivity contribution in [1.29, 1.82) is 0 Å². The summed E-state index contributed by atoms with van der Waals surface area (Å²) in [6.07, 6.45) is 52.7. The monoisotopic (exact) mass is 870 g/mol. The number of aliphatic hydroxyl groups excluding tert-OH is 1. The number of hydrogen-bond donors (Lipinski definition) is 1. The molecule has 0 amide bonds. The highest BCUT2D eigenvalue weighted by molar-refractivity contribution is 7.45. The highest BCUT2D eigenvalue weighted by Crippen LogP contribution is 2.38. The number of esters is 2. The van der Waals surface area contributed by atoms with Crippen molar-refractivity contribution in [3.8, 4) is 0 Å². The quantitative estimate of drug-likeness (QED) is 0.0161. The first-order chi connectivity index (χ1) is 29.4. The van der Waals surface area contributed by atoms with Gasteiger partial charge in [0, 0.05) is 12.8 Å². The summed E-state index contributed by atoms with van der Waals surface area (Å²) in [5.74, 6) is -1.08. The lowest BCUT2D eigenvalue weighted by molar-refractivity contribution is -0.870. The summed E-state index contributed by atoms with van der Waals surface area (Å²) in [5.41, 5.74) is 0. The van der Waals surface area contributed by atoms with Crippen molar-refractivity contribution in [1.82, 2.24) is 0 Å². The van der Waals surface area contributed by atoms with E-state index in [0.29, 0.717) is 36.7 Å². The number of quaternary nitrogens is 1. The molecule has 61 heavy (non-hydrogen) atoms. The maximum absolute atomic E-state index is 12.7. The summed E-state index contributed by atoms with van der Waals surface area (Å²) in [6.45, 7) is 3.79. The summed E-state index contributed by atoms with van der Waals surface area (Å²) in [4.78, 5) is 37.5. The number of rotatable bonds is 38. The molecule has 0 aromatic heterocycles. The van der Waals surface area contributed by atoms with E-state index in [4.69, 9.17) is 18.5 Å². The number of ether oxygens (including phenoxy) is 2. The number of phosphoric acid groups is 1. The van der Waals surface area contributed by atoms with Crippen molar-refractivity contribution >= 4 is 19.8 Å². The molecule has 10 nitrogen and oxygen atoms in total. The number of nitrogens with zero attached hydrogens (tertiary/aromatic N) is 1. The number of unbranched alkanes of at least 4 members (excludes halogenated alkanes) is 4. The molecule has 0 saturated carbocycles. The van der Waals surface area contributed by atoms with Crippen molar-refractivity contribution < 1.29 is 47.2 Å². The van der Waals surface area contributed by atoms with E-state index in [2.05, 4.69) is 92.8 Å². The van der Waals surface area contributed by atoms with Crippen LogP contribution in [0.15, 0.2) is 122 Å². The van der Waals surface area contributed by atoms with Gasteiger partial charge in [0.25, 0.3) is 7.82 Å². The molecule has 11 heteroatoms. The van der Waals surface area contributed by atoms with E-state index in [9.17, 15) is 24.2 Å². The van der Waals surface area contributed by atoms with Gasteiger partial charge in [0.05, 0.1) is 33.9 Å². The highest BCUT2D eigenvalue weighted by Gasteiger charge is 2.21. The third-order valence-corrected chi connectivity index (χ3v) is 9.52. The second-order valence-corrected chi connectivity index (χ2v) is 16.9. The van der Waals surface area contributed by atoms with Crippen molar-refractivity contribution in [3.63, 3.8) is 0 Å². The minimum atomic E-state index is -4.69. The second-order valence-electron chi connectivity index (χ2n) is 15.5. The number of aliphatic hydroxyl groups is 1. The zero-order valence-electron chi connectivity index (χ0n) is 38.2. The van der Waals surface area contributed by atoms with Gasteiger partial charge in [-0.15, -0.1) is 0 Å². The van der Waals surface area contributed by atoms with Gasteiger partial charge in [-0.1, -0.05) is 148 Å². The van der Waals surface area contributed by atoms with Crippen LogP contribution in [0, 0.1) is 0 Å². The van der Waals surface area contributed by atoms with E-state index in [0.717, 1.165) is 51.4 Å².